The van der Waals surface area contributed by atoms with Gasteiger partial charge in [0.05, 0.1) is 7.11 Å². The maximum Gasteiger partial charge on any atom is 0.360 e. The Hall–Kier alpha value is -3.15. The van der Waals surface area contributed by atoms with Crippen LogP contribution in [0.5, 0.6) is 11.5 Å². The monoisotopic (exact) mass is 313 g/mol. The van der Waals surface area contributed by atoms with Crippen molar-refractivity contribution >= 4 is 5.97 Å². The van der Waals surface area contributed by atoms with Crippen molar-refractivity contribution in [2.75, 3.05) is 7.11 Å². The number of rotatable bonds is 4. The van der Waals surface area contributed by atoms with Crippen LogP contribution in [0.4, 0.5) is 4.39 Å². The van der Waals surface area contributed by atoms with Crippen LogP contribution in [-0.4, -0.2) is 18.1 Å². The van der Waals surface area contributed by atoms with E-state index >= 15 is 0 Å². The van der Waals surface area contributed by atoms with E-state index in [4.69, 9.17) is 9.15 Å². The number of oxazole rings is 1. The topological polar surface area (TPSA) is 61.6 Å². The molecule has 0 amide bonds. The van der Waals surface area contributed by atoms with Gasteiger partial charge in [-0.25, -0.2) is 14.2 Å². The molecule has 23 heavy (non-hydrogen) atoms. The fourth-order valence-corrected chi connectivity index (χ4v) is 1.91. The summed E-state index contributed by atoms with van der Waals surface area (Å²) in [7, 11) is 1.28. The van der Waals surface area contributed by atoms with Gasteiger partial charge in [0, 0.05) is 5.56 Å². The molecule has 3 aromatic rings. The molecule has 0 aliphatic heterocycles. The lowest BCUT2D eigenvalue weighted by Gasteiger charge is -2.05. The highest BCUT2D eigenvalue weighted by Gasteiger charge is 2.13. The van der Waals surface area contributed by atoms with Gasteiger partial charge in [0.25, 0.3) is 0 Å². The van der Waals surface area contributed by atoms with E-state index in [1.807, 2.05) is 0 Å². The molecular formula is C17H12FNO4. The average molecular weight is 313 g/mol. The van der Waals surface area contributed by atoms with Gasteiger partial charge >= 0.3 is 5.97 Å². The van der Waals surface area contributed by atoms with Gasteiger partial charge in [-0.05, 0) is 48.5 Å². The second kappa shape index (κ2) is 6.31. The van der Waals surface area contributed by atoms with E-state index in [0.717, 1.165) is 0 Å². The fourth-order valence-electron chi connectivity index (χ4n) is 1.91. The molecule has 1 aromatic heterocycles. The Morgan fingerprint density at radius 1 is 1.04 bits per heavy atom. The van der Waals surface area contributed by atoms with E-state index in [0.29, 0.717) is 23.0 Å². The minimum Gasteiger partial charge on any atom is -0.464 e. The minimum absolute atomic E-state index is 0.106. The Bertz CT molecular complexity index is 809. The number of carbonyl (C=O) groups excluding carboxylic acids is 1. The van der Waals surface area contributed by atoms with E-state index in [1.54, 1.807) is 36.4 Å². The highest BCUT2D eigenvalue weighted by Crippen LogP contribution is 2.25. The molecule has 0 saturated heterocycles. The maximum atomic E-state index is 12.8. The lowest BCUT2D eigenvalue weighted by molar-refractivity contribution is 0.0594. The van der Waals surface area contributed by atoms with Crippen LogP contribution in [0.25, 0.3) is 11.5 Å². The zero-order valence-electron chi connectivity index (χ0n) is 12.2. The quantitative estimate of drug-likeness (QED) is 0.680. The van der Waals surface area contributed by atoms with Crippen molar-refractivity contribution in [3.05, 3.63) is 66.3 Å². The molecule has 0 fully saturated rings. The van der Waals surface area contributed by atoms with Crippen LogP contribution in [0.3, 0.4) is 0 Å². The predicted octanol–water partition coefficient (Wildman–Crippen LogP) is 4.06. The van der Waals surface area contributed by atoms with Crippen LogP contribution >= 0.6 is 0 Å². The van der Waals surface area contributed by atoms with Crippen LogP contribution in [0, 0.1) is 5.82 Å². The third-order valence-corrected chi connectivity index (χ3v) is 3.05. The third kappa shape index (κ3) is 3.37. The molecule has 3 rings (SSSR count). The van der Waals surface area contributed by atoms with Crippen molar-refractivity contribution in [3.8, 4) is 23.0 Å². The second-order valence-electron chi connectivity index (χ2n) is 4.61. The Balaban J connectivity index is 1.75. The van der Waals surface area contributed by atoms with Gasteiger partial charge < -0.3 is 13.9 Å². The number of hydrogen-bond donors (Lipinski definition) is 0. The zero-order valence-corrected chi connectivity index (χ0v) is 12.2. The molecule has 0 N–H and O–H groups in total. The average Bonchev–Trinajstić information content (AvgIpc) is 3.07. The lowest BCUT2D eigenvalue weighted by atomic mass is 10.2. The van der Waals surface area contributed by atoms with Crippen LogP contribution in [0.2, 0.25) is 0 Å². The molecule has 0 saturated carbocycles. The minimum atomic E-state index is -0.559. The SMILES string of the molecule is COC(=O)c1coc(-c2ccc(Oc3ccc(F)cc3)cc2)n1. The van der Waals surface area contributed by atoms with E-state index in [1.165, 1.54) is 25.5 Å². The smallest absolute Gasteiger partial charge is 0.360 e. The number of benzene rings is 2. The molecular weight excluding hydrogens is 301 g/mol. The van der Waals surface area contributed by atoms with Gasteiger partial charge in [0.2, 0.25) is 5.89 Å². The first-order valence-corrected chi connectivity index (χ1v) is 6.73. The number of hydrogen-bond acceptors (Lipinski definition) is 5. The summed E-state index contributed by atoms with van der Waals surface area (Å²) in [4.78, 5) is 15.4. The molecule has 5 nitrogen and oxygen atoms in total. The van der Waals surface area contributed by atoms with Crippen LogP contribution in [0.1, 0.15) is 10.5 Å². The normalized spacial score (nSPS) is 10.3. The first-order valence-electron chi connectivity index (χ1n) is 6.73. The molecule has 0 unspecified atom stereocenters. The zero-order chi connectivity index (χ0) is 16.2. The Labute approximate surface area is 131 Å². The van der Waals surface area contributed by atoms with Crippen LogP contribution in [0.15, 0.2) is 59.2 Å². The van der Waals surface area contributed by atoms with E-state index in [9.17, 15) is 9.18 Å². The molecule has 0 aliphatic rings. The summed E-state index contributed by atoms with van der Waals surface area (Å²) in [6.45, 7) is 0. The van der Waals surface area contributed by atoms with E-state index in [-0.39, 0.29) is 11.5 Å². The van der Waals surface area contributed by atoms with Crippen molar-refractivity contribution in [2.45, 2.75) is 0 Å². The molecule has 0 atom stereocenters. The van der Waals surface area contributed by atoms with Gasteiger partial charge in [-0.3, -0.25) is 0 Å². The molecule has 0 bridgehead atoms. The van der Waals surface area contributed by atoms with E-state index in [2.05, 4.69) is 9.72 Å². The van der Waals surface area contributed by atoms with Gasteiger partial charge in [-0.2, -0.15) is 0 Å². The lowest BCUT2D eigenvalue weighted by Crippen LogP contribution is -2.00. The fraction of sp³-hybridized carbons (Fsp3) is 0.0588. The number of halogens is 1. The first kappa shape index (κ1) is 14.8. The number of nitrogens with zero attached hydrogens (tertiary/aromatic N) is 1. The number of carbonyl (C=O) groups is 1. The highest BCUT2D eigenvalue weighted by molar-refractivity contribution is 5.87. The summed E-state index contributed by atoms with van der Waals surface area (Å²) in [5.74, 6) is 0.538. The van der Waals surface area contributed by atoms with Gasteiger partial charge in [0.1, 0.15) is 23.6 Å². The van der Waals surface area contributed by atoms with Crippen molar-refractivity contribution in [2.24, 2.45) is 0 Å². The standard InChI is InChI=1S/C17H12FNO4/c1-21-17(20)15-10-22-16(19-15)11-2-6-13(7-3-11)23-14-8-4-12(18)5-9-14/h2-10H,1H3. The molecule has 0 radical (unpaired) electrons. The van der Waals surface area contributed by atoms with E-state index < -0.39 is 5.97 Å². The van der Waals surface area contributed by atoms with Crippen molar-refractivity contribution in [3.63, 3.8) is 0 Å². The van der Waals surface area contributed by atoms with Crippen LogP contribution < -0.4 is 4.74 Å². The summed E-state index contributed by atoms with van der Waals surface area (Å²) in [5.41, 5.74) is 0.792. The second-order valence-corrected chi connectivity index (χ2v) is 4.61. The van der Waals surface area contributed by atoms with Crippen LogP contribution in [-0.2, 0) is 4.74 Å². The predicted molar refractivity (Wildman–Crippen MR) is 79.8 cm³/mol. The molecule has 0 aliphatic carbocycles. The molecule has 116 valence electrons. The van der Waals surface area contributed by atoms with Gasteiger partial charge in [-0.15, -0.1) is 0 Å². The summed E-state index contributed by atoms with van der Waals surface area (Å²) in [6.07, 6.45) is 1.24. The number of aromatic nitrogens is 1. The van der Waals surface area contributed by atoms with Crippen molar-refractivity contribution in [1.82, 2.24) is 4.98 Å². The summed E-state index contributed by atoms with van der Waals surface area (Å²) >= 11 is 0. The first-order chi connectivity index (χ1) is 11.2. The van der Waals surface area contributed by atoms with Gasteiger partial charge in [-0.1, -0.05) is 0 Å². The largest absolute Gasteiger partial charge is 0.464 e. The molecule has 0 spiro atoms. The molecule has 2 aromatic carbocycles. The third-order valence-electron chi connectivity index (χ3n) is 3.05. The Morgan fingerprint density at radius 2 is 1.65 bits per heavy atom. The summed E-state index contributed by atoms with van der Waals surface area (Å²) in [6, 6.07) is 12.7. The number of ether oxygens (including phenoxy) is 2. The molecule has 1 heterocycles. The van der Waals surface area contributed by atoms with Gasteiger partial charge in [0.15, 0.2) is 5.69 Å². The maximum absolute atomic E-state index is 12.8. The summed E-state index contributed by atoms with van der Waals surface area (Å²) in [5, 5.41) is 0. The Morgan fingerprint density at radius 3 is 2.26 bits per heavy atom. The Kier molecular flexibility index (Phi) is 4.05. The van der Waals surface area contributed by atoms with Crippen molar-refractivity contribution in [1.29, 1.82) is 0 Å². The summed E-state index contributed by atoms with van der Waals surface area (Å²) < 4.78 is 28.3. The van der Waals surface area contributed by atoms with Crippen molar-refractivity contribution < 1.29 is 23.1 Å². The number of methoxy groups -OCH3 is 1. The number of esters is 1. The highest BCUT2D eigenvalue weighted by atomic mass is 19.1. The molecule has 6 heteroatoms.